The number of aromatic nitrogens is 1. The van der Waals surface area contributed by atoms with Gasteiger partial charge in [-0.3, -0.25) is 4.79 Å². The van der Waals surface area contributed by atoms with Crippen molar-refractivity contribution in [2.24, 2.45) is 11.3 Å². The Hall–Kier alpha value is -1.05. The topological polar surface area (TPSA) is 22.0 Å². The Kier molecular flexibility index (Phi) is 2.26. The van der Waals surface area contributed by atoms with Gasteiger partial charge in [0.05, 0.1) is 0 Å². The van der Waals surface area contributed by atoms with Gasteiger partial charge < -0.3 is 4.57 Å². The number of nitrogens with zero attached hydrogens (tertiary/aromatic N) is 1. The summed E-state index contributed by atoms with van der Waals surface area (Å²) in [5.74, 6) is 1.18. The number of fused-ring (bicyclic) bond motifs is 1. The number of rotatable bonds is 2. The van der Waals surface area contributed by atoms with E-state index in [0.717, 1.165) is 17.9 Å². The summed E-state index contributed by atoms with van der Waals surface area (Å²) < 4.78 is 2.39. The highest BCUT2D eigenvalue weighted by Crippen LogP contribution is 2.48. The molecule has 2 nitrogen and oxygen atoms in total. The van der Waals surface area contributed by atoms with Crippen molar-refractivity contribution < 1.29 is 4.79 Å². The highest BCUT2D eigenvalue weighted by atomic mass is 16.1. The summed E-state index contributed by atoms with van der Waals surface area (Å²) in [4.78, 5) is 12.1. The lowest BCUT2D eigenvalue weighted by Crippen LogP contribution is -2.27. The first-order valence-corrected chi connectivity index (χ1v) is 6.75. The molecular weight excluding hydrogens is 210 g/mol. The Labute approximate surface area is 103 Å². The Balaban J connectivity index is 1.97. The molecule has 2 unspecified atom stereocenters. The fourth-order valence-electron chi connectivity index (χ4n) is 3.29. The molecule has 0 spiro atoms. The Morgan fingerprint density at radius 3 is 2.82 bits per heavy atom. The third-order valence-electron chi connectivity index (χ3n) is 4.38. The zero-order valence-electron chi connectivity index (χ0n) is 11.0. The molecule has 2 aliphatic rings. The zero-order valence-corrected chi connectivity index (χ0v) is 11.0. The van der Waals surface area contributed by atoms with Crippen LogP contribution < -0.4 is 0 Å². The summed E-state index contributed by atoms with van der Waals surface area (Å²) in [7, 11) is 0. The third kappa shape index (κ3) is 1.74. The van der Waals surface area contributed by atoms with Crippen molar-refractivity contribution >= 4 is 5.78 Å². The molecule has 0 N–H and O–H groups in total. The molecule has 2 atom stereocenters. The average Bonchev–Trinajstić information content (AvgIpc) is 2.90. The molecule has 1 saturated carbocycles. The number of hydrogen-bond acceptors (Lipinski definition) is 1. The second kappa shape index (κ2) is 3.47. The van der Waals surface area contributed by atoms with Crippen molar-refractivity contribution in [1.82, 2.24) is 4.57 Å². The molecule has 2 aliphatic carbocycles. The molecule has 1 aromatic heterocycles. The molecule has 3 rings (SSSR count). The van der Waals surface area contributed by atoms with E-state index in [-0.39, 0.29) is 5.41 Å². The van der Waals surface area contributed by atoms with Crippen molar-refractivity contribution in [3.05, 3.63) is 23.5 Å². The molecule has 1 fully saturated rings. The van der Waals surface area contributed by atoms with Crippen LogP contribution in [0.1, 0.15) is 62.1 Å². The predicted octanol–water partition coefficient (Wildman–Crippen LogP) is 3.61. The van der Waals surface area contributed by atoms with Crippen LogP contribution in [0, 0.1) is 11.3 Å². The van der Waals surface area contributed by atoms with E-state index >= 15 is 0 Å². The van der Waals surface area contributed by atoms with Gasteiger partial charge in [0.2, 0.25) is 0 Å². The smallest absolute Gasteiger partial charge is 0.165 e. The predicted molar refractivity (Wildman–Crippen MR) is 68.3 cm³/mol. The quantitative estimate of drug-likeness (QED) is 0.762. The van der Waals surface area contributed by atoms with Gasteiger partial charge in [-0.15, -0.1) is 0 Å². The highest BCUT2D eigenvalue weighted by molar-refractivity contribution is 5.98. The summed E-state index contributed by atoms with van der Waals surface area (Å²) in [5.41, 5.74) is 2.43. The maximum Gasteiger partial charge on any atom is 0.165 e. The Morgan fingerprint density at radius 2 is 2.18 bits per heavy atom. The van der Waals surface area contributed by atoms with Gasteiger partial charge in [0.25, 0.3) is 0 Å². The number of hydrogen-bond donors (Lipinski definition) is 0. The van der Waals surface area contributed by atoms with E-state index in [1.54, 1.807) is 0 Å². The van der Waals surface area contributed by atoms with E-state index in [1.165, 1.54) is 18.5 Å². The first-order chi connectivity index (χ1) is 8.02. The minimum absolute atomic E-state index is 0.136. The van der Waals surface area contributed by atoms with Crippen molar-refractivity contribution in [3.63, 3.8) is 0 Å². The van der Waals surface area contributed by atoms with Crippen LogP contribution in [0.2, 0.25) is 0 Å². The SMILES string of the molecule is CCC1CC1n1ccc2c1CC(C)(C)CC2=O. The van der Waals surface area contributed by atoms with E-state index in [9.17, 15) is 4.79 Å². The number of ketones is 1. The van der Waals surface area contributed by atoms with Gasteiger partial charge in [-0.25, -0.2) is 0 Å². The molecule has 1 heterocycles. The van der Waals surface area contributed by atoms with Gasteiger partial charge >= 0.3 is 0 Å². The lowest BCUT2D eigenvalue weighted by molar-refractivity contribution is 0.0910. The molecule has 0 aliphatic heterocycles. The molecule has 0 amide bonds. The summed E-state index contributed by atoms with van der Waals surface area (Å²) in [6, 6.07) is 2.71. The summed E-state index contributed by atoms with van der Waals surface area (Å²) in [6.45, 7) is 6.67. The molecule has 1 aromatic rings. The normalized spacial score (nSPS) is 30.2. The minimum Gasteiger partial charge on any atom is -0.347 e. The number of carbonyl (C=O) groups is 1. The fraction of sp³-hybridized carbons (Fsp3) is 0.667. The first kappa shape index (κ1) is 11.1. The summed E-state index contributed by atoms with van der Waals surface area (Å²) in [5, 5.41) is 0. The van der Waals surface area contributed by atoms with Crippen LogP contribution in [0.4, 0.5) is 0 Å². The molecule has 92 valence electrons. The monoisotopic (exact) mass is 231 g/mol. The van der Waals surface area contributed by atoms with Gasteiger partial charge in [0, 0.05) is 29.9 Å². The largest absolute Gasteiger partial charge is 0.347 e. The van der Waals surface area contributed by atoms with Crippen LogP contribution in [0.15, 0.2) is 12.3 Å². The second-order valence-electron chi connectivity index (χ2n) is 6.50. The van der Waals surface area contributed by atoms with E-state index in [2.05, 4.69) is 31.5 Å². The molecule has 0 aromatic carbocycles. The molecule has 0 radical (unpaired) electrons. The fourth-order valence-corrected chi connectivity index (χ4v) is 3.29. The summed E-state index contributed by atoms with van der Waals surface area (Å²) >= 11 is 0. The molecule has 2 heteroatoms. The van der Waals surface area contributed by atoms with Crippen LogP contribution in [0.25, 0.3) is 0 Å². The maximum atomic E-state index is 12.1. The van der Waals surface area contributed by atoms with Gasteiger partial charge in [-0.05, 0) is 30.2 Å². The third-order valence-corrected chi connectivity index (χ3v) is 4.38. The van der Waals surface area contributed by atoms with Gasteiger partial charge in [-0.2, -0.15) is 0 Å². The zero-order chi connectivity index (χ0) is 12.2. The lowest BCUT2D eigenvalue weighted by Gasteiger charge is -2.29. The second-order valence-corrected chi connectivity index (χ2v) is 6.50. The van der Waals surface area contributed by atoms with E-state index < -0.39 is 0 Å². The van der Waals surface area contributed by atoms with Crippen LogP contribution in [-0.4, -0.2) is 10.4 Å². The average molecular weight is 231 g/mol. The van der Waals surface area contributed by atoms with Crippen molar-refractivity contribution in [2.45, 2.75) is 52.5 Å². The van der Waals surface area contributed by atoms with E-state index in [1.807, 2.05) is 6.07 Å². The minimum atomic E-state index is 0.136. The van der Waals surface area contributed by atoms with E-state index in [4.69, 9.17) is 0 Å². The molecule has 0 saturated heterocycles. The van der Waals surface area contributed by atoms with Crippen molar-refractivity contribution in [3.8, 4) is 0 Å². The van der Waals surface area contributed by atoms with Crippen molar-refractivity contribution in [1.29, 1.82) is 0 Å². The molecular formula is C15H21NO. The van der Waals surface area contributed by atoms with Crippen LogP contribution >= 0.6 is 0 Å². The number of carbonyl (C=O) groups excluding carboxylic acids is 1. The van der Waals surface area contributed by atoms with Gasteiger partial charge in [0.15, 0.2) is 5.78 Å². The Morgan fingerprint density at radius 1 is 1.41 bits per heavy atom. The van der Waals surface area contributed by atoms with Crippen molar-refractivity contribution in [2.75, 3.05) is 0 Å². The summed E-state index contributed by atoms with van der Waals surface area (Å²) in [6.07, 6.45) is 6.45. The number of Topliss-reactive ketones (excluding diaryl/α,β-unsaturated/α-hetero) is 1. The van der Waals surface area contributed by atoms with Gasteiger partial charge in [-0.1, -0.05) is 27.2 Å². The Bertz CT molecular complexity index is 469. The standard InChI is InChI=1S/C15H21NO/c1-4-10-7-12(10)16-6-5-11-13(16)8-15(2,3)9-14(11)17/h5-6,10,12H,4,7-9H2,1-3H3. The van der Waals surface area contributed by atoms with Crippen LogP contribution in [0.3, 0.4) is 0 Å². The molecule has 17 heavy (non-hydrogen) atoms. The van der Waals surface area contributed by atoms with Crippen LogP contribution in [0.5, 0.6) is 0 Å². The van der Waals surface area contributed by atoms with Gasteiger partial charge in [0.1, 0.15) is 0 Å². The maximum absolute atomic E-state index is 12.1. The van der Waals surface area contributed by atoms with Crippen LogP contribution in [-0.2, 0) is 6.42 Å². The van der Waals surface area contributed by atoms with E-state index in [0.29, 0.717) is 18.2 Å². The first-order valence-electron chi connectivity index (χ1n) is 6.75. The molecule has 0 bridgehead atoms. The lowest BCUT2D eigenvalue weighted by atomic mass is 9.76. The highest BCUT2D eigenvalue weighted by Gasteiger charge is 2.41.